The quantitative estimate of drug-likeness (QED) is 0.696. The van der Waals surface area contributed by atoms with Gasteiger partial charge in [0.15, 0.2) is 11.5 Å². The van der Waals surface area contributed by atoms with E-state index in [1.165, 1.54) is 19.2 Å². The van der Waals surface area contributed by atoms with Crippen LogP contribution >= 0.6 is 0 Å². The van der Waals surface area contributed by atoms with E-state index in [2.05, 4.69) is 0 Å². The van der Waals surface area contributed by atoms with Crippen LogP contribution in [0.25, 0.3) is 0 Å². The normalized spacial score (nSPS) is 11.6. The summed E-state index contributed by atoms with van der Waals surface area (Å²) in [5.41, 5.74) is 5.62. The number of carboxylic acid groups (broad SMARTS) is 1. The lowest BCUT2D eigenvalue weighted by molar-refractivity contribution is -0.138. The summed E-state index contributed by atoms with van der Waals surface area (Å²) in [6.07, 6.45) is 0. The van der Waals surface area contributed by atoms with Gasteiger partial charge in [0, 0.05) is 18.2 Å². The van der Waals surface area contributed by atoms with Crippen molar-refractivity contribution in [3.63, 3.8) is 0 Å². The minimum Gasteiger partial charge on any atom is -0.504 e. The minimum absolute atomic E-state index is 0.0544. The highest BCUT2D eigenvalue weighted by molar-refractivity contribution is 5.78. The number of rotatable bonds is 4. The number of phenolic OH excluding ortho intramolecular Hbond substituents is 1. The molecule has 6 nitrogen and oxygen atoms in total. The second-order valence-corrected chi connectivity index (χ2v) is 3.35. The molecule has 1 aromatic carbocycles. The molecule has 0 heterocycles. The lowest BCUT2D eigenvalue weighted by Gasteiger charge is -2.14. The highest BCUT2D eigenvalue weighted by Crippen LogP contribution is 2.35. The van der Waals surface area contributed by atoms with E-state index in [1.54, 1.807) is 0 Å². The van der Waals surface area contributed by atoms with Gasteiger partial charge in [-0.25, -0.2) is 0 Å². The van der Waals surface area contributed by atoms with Crippen LogP contribution in [0.1, 0.15) is 17.0 Å². The molecule has 0 bridgehead atoms. The number of hydrogen-bond donors (Lipinski definition) is 3. The number of nitrogens with two attached hydrogens (primary N) is 1. The van der Waals surface area contributed by atoms with Crippen molar-refractivity contribution in [1.29, 1.82) is 5.26 Å². The first-order valence-electron chi connectivity index (χ1n) is 4.79. The summed E-state index contributed by atoms with van der Waals surface area (Å²) in [7, 11) is 1.32. The summed E-state index contributed by atoms with van der Waals surface area (Å²) in [5.74, 6) is -2.49. The molecule has 90 valence electrons. The van der Waals surface area contributed by atoms with Crippen molar-refractivity contribution in [2.45, 2.75) is 5.92 Å². The second kappa shape index (κ2) is 5.18. The molecule has 4 N–H and O–H groups in total. The smallest absolute Gasteiger partial charge is 0.312 e. The first kappa shape index (κ1) is 12.8. The summed E-state index contributed by atoms with van der Waals surface area (Å²) in [4.78, 5) is 11.0. The predicted octanol–water partition coefficient (Wildman–Crippen LogP) is 0.399. The molecule has 1 atom stereocenters. The summed E-state index contributed by atoms with van der Waals surface area (Å²) in [5, 5.41) is 27.6. The Morgan fingerprint density at radius 1 is 1.65 bits per heavy atom. The van der Waals surface area contributed by atoms with Crippen LogP contribution in [0.5, 0.6) is 11.5 Å². The van der Waals surface area contributed by atoms with E-state index >= 15 is 0 Å². The van der Waals surface area contributed by atoms with Gasteiger partial charge in [-0.1, -0.05) is 0 Å². The molecule has 1 unspecified atom stereocenters. The standard InChI is InChI=1S/C11H12N2O4/c1-17-9-3-6(4-12)2-7(10(9)14)8(5-13)11(15)16/h2-3,8,14H,5,13H2,1H3,(H,15,16). The SMILES string of the molecule is COc1cc(C#N)cc(C(CN)C(=O)O)c1O. The molecule has 1 rings (SSSR count). The number of aromatic hydroxyl groups is 1. The van der Waals surface area contributed by atoms with Crippen LogP contribution < -0.4 is 10.5 Å². The van der Waals surface area contributed by atoms with Gasteiger partial charge in [0.2, 0.25) is 0 Å². The third-order valence-electron chi connectivity index (χ3n) is 2.36. The maximum atomic E-state index is 11.0. The maximum absolute atomic E-state index is 11.0. The molecule has 0 radical (unpaired) electrons. The number of aliphatic carboxylic acids is 1. The van der Waals surface area contributed by atoms with Gasteiger partial charge in [-0.05, 0) is 6.07 Å². The fourth-order valence-electron chi connectivity index (χ4n) is 1.48. The van der Waals surface area contributed by atoms with Gasteiger partial charge in [-0.3, -0.25) is 4.79 Å². The van der Waals surface area contributed by atoms with Crippen molar-refractivity contribution in [3.05, 3.63) is 23.3 Å². The van der Waals surface area contributed by atoms with Gasteiger partial charge in [0.1, 0.15) is 0 Å². The molecule has 0 fully saturated rings. The molecule has 0 aliphatic carbocycles. The predicted molar refractivity (Wildman–Crippen MR) is 58.8 cm³/mol. The average molecular weight is 236 g/mol. The number of phenols is 1. The van der Waals surface area contributed by atoms with Crippen molar-refractivity contribution in [1.82, 2.24) is 0 Å². The third-order valence-corrected chi connectivity index (χ3v) is 2.36. The molecule has 0 aliphatic heterocycles. The Labute approximate surface area is 97.9 Å². The molecule has 0 aliphatic rings. The zero-order valence-corrected chi connectivity index (χ0v) is 9.17. The molecule has 0 spiro atoms. The number of carbonyl (C=O) groups is 1. The van der Waals surface area contributed by atoms with E-state index < -0.39 is 11.9 Å². The van der Waals surface area contributed by atoms with E-state index in [4.69, 9.17) is 20.8 Å². The monoisotopic (exact) mass is 236 g/mol. The molecular formula is C11H12N2O4. The Hall–Kier alpha value is -2.26. The van der Waals surface area contributed by atoms with Crippen molar-refractivity contribution in [2.75, 3.05) is 13.7 Å². The zero-order chi connectivity index (χ0) is 13.0. The molecule has 1 aromatic rings. The van der Waals surface area contributed by atoms with Gasteiger partial charge in [-0.2, -0.15) is 5.26 Å². The van der Waals surface area contributed by atoms with Crippen molar-refractivity contribution in [2.24, 2.45) is 5.73 Å². The van der Waals surface area contributed by atoms with E-state index in [1.807, 2.05) is 6.07 Å². The molecule has 0 aromatic heterocycles. The summed E-state index contributed by atoms with van der Waals surface area (Å²) in [6.45, 7) is -0.180. The Morgan fingerprint density at radius 3 is 2.71 bits per heavy atom. The van der Waals surface area contributed by atoms with Crippen LogP contribution in [0.15, 0.2) is 12.1 Å². The number of hydrogen-bond acceptors (Lipinski definition) is 5. The Balaban J connectivity index is 3.41. The summed E-state index contributed by atoms with van der Waals surface area (Å²) < 4.78 is 4.87. The van der Waals surface area contributed by atoms with Gasteiger partial charge >= 0.3 is 5.97 Å². The molecule has 17 heavy (non-hydrogen) atoms. The fourth-order valence-corrected chi connectivity index (χ4v) is 1.48. The first-order chi connectivity index (χ1) is 8.04. The fraction of sp³-hybridized carbons (Fsp3) is 0.273. The van der Waals surface area contributed by atoms with Gasteiger partial charge in [0.25, 0.3) is 0 Å². The first-order valence-corrected chi connectivity index (χ1v) is 4.79. The maximum Gasteiger partial charge on any atom is 0.312 e. The molecular weight excluding hydrogens is 224 g/mol. The van der Waals surface area contributed by atoms with Crippen LogP contribution in [0.4, 0.5) is 0 Å². The highest BCUT2D eigenvalue weighted by atomic mass is 16.5. The van der Waals surface area contributed by atoms with E-state index in [-0.39, 0.29) is 29.2 Å². The van der Waals surface area contributed by atoms with E-state index in [9.17, 15) is 9.90 Å². The molecule has 0 amide bonds. The number of benzene rings is 1. The molecule has 0 saturated carbocycles. The second-order valence-electron chi connectivity index (χ2n) is 3.35. The Bertz CT molecular complexity index is 479. The highest BCUT2D eigenvalue weighted by Gasteiger charge is 2.24. The zero-order valence-electron chi connectivity index (χ0n) is 9.17. The number of nitrogens with zero attached hydrogens (tertiary/aromatic N) is 1. The lowest BCUT2D eigenvalue weighted by atomic mass is 9.96. The Kier molecular flexibility index (Phi) is 3.91. The Morgan fingerprint density at radius 2 is 2.29 bits per heavy atom. The molecule has 6 heteroatoms. The number of methoxy groups -OCH3 is 1. The van der Waals surface area contributed by atoms with Gasteiger partial charge in [0.05, 0.1) is 24.7 Å². The topological polar surface area (TPSA) is 117 Å². The largest absolute Gasteiger partial charge is 0.504 e. The average Bonchev–Trinajstić information content (AvgIpc) is 2.31. The minimum atomic E-state index is -1.17. The summed E-state index contributed by atoms with van der Waals surface area (Å²) >= 11 is 0. The van der Waals surface area contributed by atoms with E-state index in [0.717, 1.165) is 0 Å². The van der Waals surface area contributed by atoms with Crippen molar-refractivity contribution >= 4 is 5.97 Å². The van der Waals surface area contributed by atoms with Gasteiger partial charge in [-0.15, -0.1) is 0 Å². The van der Waals surface area contributed by atoms with Crippen LogP contribution in [0.2, 0.25) is 0 Å². The van der Waals surface area contributed by atoms with Crippen molar-refractivity contribution < 1.29 is 19.7 Å². The number of carboxylic acids is 1. The number of ether oxygens (including phenoxy) is 1. The van der Waals surface area contributed by atoms with Crippen LogP contribution in [0.3, 0.4) is 0 Å². The van der Waals surface area contributed by atoms with Crippen molar-refractivity contribution in [3.8, 4) is 17.6 Å². The van der Waals surface area contributed by atoms with Crippen LogP contribution in [0, 0.1) is 11.3 Å². The molecule has 0 saturated heterocycles. The third kappa shape index (κ3) is 2.46. The lowest BCUT2D eigenvalue weighted by Crippen LogP contribution is -2.21. The van der Waals surface area contributed by atoms with Crippen LogP contribution in [-0.4, -0.2) is 29.8 Å². The van der Waals surface area contributed by atoms with E-state index in [0.29, 0.717) is 0 Å². The van der Waals surface area contributed by atoms with Gasteiger partial charge < -0.3 is 20.7 Å². The number of nitriles is 1. The van der Waals surface area contributed by atoms with Crippen LogP contribution in [-0.2, 0) is 4.79 Å². The summed E-state index contributed by atoms with van der Waals surface area (Å²) in [6, 6.07) is 4.49.